The van der Waals surface area contributed by atoms with Crippen molar-refractivity contribution in [2.45, 2.75) is 20.3 Å². The number of likely N-dealkylation sites (tertiary alicyclic amines) is 1. The number of carbonyl (C=O) groups is 1. The highest BCUT2D eigenvalue weighted by Gasteiger charge is 2.26. The molecule has 1 aliphatic rings. The topological polar surface area (TPSA) is 66.1 Å². The fourth-order valence-electron chi connectivity index (χ4n) is 2.45. The second-order valence-corrected chi connectivity index (χ2v) is 4.96. The summed E-state index contributed by atoms with van der Waals surface area (Å²) in [4.78, 5) is 24.8. The third-order valence-electron chi connectivity index (χ3n) is 3.05. The first kappa shape index (κ1) is 11.8. The zero-order chi connectivity index (χ0) is 12.4. The van der Waals surface area contributed by atoms with Gasteiger partial charge in [0.25, 0.3) is 11.5 Å². The maximum absolute atomic E-state index is 12.1. The average molecular weight is 235 g/mol. The van der Waals surface area contributed by atoms with Crippen LogP contribution >= 0.6 is 0 Å². The Bertz CT molecular complexity index is 439. The molecule has 5 nitrogen and oxygen atoms in total. The molecule has 92 valence electrons. The van der Waals surface area contributed by atoms with Gasteiger partial charge in [0.15, 0.2) is 0 Å². The molecular weight excluding hydrogens is 218 g/mol. The zero-order valence-electron chi connectivity index (χ0n) is 10.1. The van der Waals surface area contributed by atoms with E-state index >= 15 is 0 Å². The summed E-state index contributed by atoms with van der Waals surface area (Å²) in [6.45, 7) is 5.83. The predicted molar refractivity (Wildman–Crippen MR) is 63.7 cm³/mol. The highest BCUT2D eigenvalue weighted by atomic mass is 16.2. The number of piperidine rings is 1. The molecule has 0 unspecified atom stereocenters. The third kappa shape index (κ3) is 2.72. The van der Waals surface area contributed by atoms with Crippen LogP contribution in [0.5, 0.6) is 0 Å². The van der Waals surface area contributed by atoms with Crippen LogP contribution in [0.2, 0.25) is 0 Å². The van der Waals surface area contributed by atoms with E-state index in [-0.39, 0.29) is 11.5 Å². The predicted octanol–water partition coefficient (Wildman–Crippen LogP) is 0.888. The van der Waals surface area contributed by atoms with Crippen LogP contribution in [0.25, 0.3) is 0 Å². The monoisotopic (exact) mass is 235 g/mol. The molecular formula is C12H17N3O2. The first-order valence-corrected chi connectivity index (χ1v) is 5.91. The average Bonchev–Trinajstić information content (AvgIpc) is 2.28. The van der Waals surface area contributed by atoms with Crippen molar-refractivity contribution in [1.82, 2.24) is 15.1 Å². The second kappa shape index (κ2) is 4.69. The molecule has 0 saturated carbocycles. The zero-order valence-corrected chi connectivity index (χ0v) is 10.1. The number of amides is 1. The quantitative estimate of drug-likeness (QED) is 0.786. The van der Waals surface area contributed by atoms with Crippen LogP contribution in [0.15, 0.2) is 16.9 Å². The van der Waals surface area contributed by atoms with Gasteiger partial charge in [-0.05, 0) is 24.3 Å². The Kier molecular flexibility index (Phi) is 3.26. The van der Waals surface area contributed by atoms with Gasteiger partial charge in [-0.25, -0.2) is 5.10 Å². The minimum Gasteiger partial charge on any atom is -0.337 e. The van der Waals surface area contributed by atoms with E-state index < -0.39 is 0 Å². The summed E-state index contributed by atoms with van der Waals surface area (Å²) in [5.41, 5.74) is 0.0211. The van der Waals surface area contributed by atoms with Gasteiger partial charge in [0.05, 0.1) is 0 Å². The van der Waals surface area contributed by atoms with Crippen LogP contribution in [-0.2, 0) is 0 Å². The van der Waals surface area contributed by atoms with E-state index in [2.05, 4.69) is 24.0 Å². The highest BCUT2D eigenvalue weighted by molar-refractivity contribution is 5.92. The lowest BCUT2D eigenvalue weighted by molar-refractivity contribution is 0.0616. The molecule has 1 amide bonds. The molecule has 0 bridgehead atoms. The second-order valence-electron chi connectivity index (χ2n) is 4.96. The maximum atomic E-state index is 12.1. The van der Waals surface area contributed by atoms with Gasteiger partial charge in [-0.3, -0.25) is 9.59 Å². The molecule has 0 radical (unpaired) electrons. The largest absolute Gasteiger partial charge is 0.337 e. The molecule has 2 atom stereocenters. The summed E-state index contributed by atoms with van der Waals surface area (Å²) in [7, 11) is 0. The van der Waals surface area contributed by atoms with Crippen LogP contribution in [0.1, 0.15) is 30.8 Å². The normalized spacial score (nSPS) is 24.7. The number of carbonyl (C=O) groups excluding carboxylic acids is 1. The summed E-state index contributed by atoms with van der Waals surface area (Å²) in [6.07, 6.45) is 1.16. The van der Waals surface area contributed by atoms with Gasteiger partial charge in [0.2, 0.25) is 0 Å². The van der Waals surface area contributed by atoms with E-state index in [1.807, 2.05) is 4.90 Å². The van der Waals surface area contributed by atoms with E-state index in [0.717, 1.165) is 19.5 Å². The van der Waals surface area contributed by atoms with Crippen LogP contribution in [0.4, 0.5) is 0 Å². The minimum atomic E-state index is -0.290. The molecule has 1 fully saturated rings. The van der Waals surface area contributed by atoms with Gasteiger partial charge < -0.3 is 4.90 Å². The molecule has 0 aliphatic carbocycles. The van der Waals surface area contributed by atoms with Crippen molar-refractivity contribution in [2.24, 2.45) is 11.8 Å². The van der Waals surface area contributed by atoms with Crippen molar-refractivity contribution >= 4 is 5.91 Å². The fourth-order valence-corrected chi connectivity index (χ4v) is 2.45. The summed E-state index contributed by atoms with van der Waals surface area (Å²) in [6, 6.07) is 2.81. The summed E-state index contributed by atoms with van der Waals surface area (Å²) in [5, 5.41) is 6.06. The Hall–Kier alpha value is -1.65. The number of hydrogen-bond donors (Lipinski definition) is 1. The fraction of sp³-hybridized carbons (Fsp3) is 0.583. The molecule has 0 aromatic carbocycles. The third-order valence-corrected chi connectivity index (χ3v) is 3.05. The highest BCUT2D eigenvalue weighted by Crippen LogP contribution is 2.21. The summed E-state index contributed by atoms with van der Waals surface area (Å²) < 4.78 is 0. The molecule has 1 aromatic rings. The molecule has 1 N–H and O–H groups in total. The molecule has 2 rings (SSSR count). The Morgan fingerprint density at radius 3 is 2.53 bits per heavy atom. The smallest absolute Gasteiger partial charge is 0.274 e. The van der Waals surface area contributed by atoms with Crippen molar-refractivity contribution in [1.29, 1.82) is 0 Å². The number of H-pyrrole nitrogens is 1. The molecule has 2 heterocycles. The van der Waals surface area contributed by atoms with Crippen molar-refractivity contribution < 1.29 is 4.79 Å². The van der Waals surface area contributed by atoms with Gasteiger partial charge in [-0.1, -0.05) is 13.8 Å². The van der Waals surface area contributed by atoms with Gasteiger partial charge in [-0.15, -0.1) is 0 Å². The molecule has 1 saturated heterocycles. The van der Waals surface area contributed by atoms with E-state index in [1.165, 1.54) is 12.1 Å². The summed E-state index contributed by atoms with van der Waals surface area (Å²) in [5.74, 6) is 0.940. The van der Waals surface area contributed by atoms with Crippen molar-refractivity contribution in [3.8, 4) is 0 Å². The van der Waals surface area contributed by atoms with Crippen LogP contribution in [-0.4, -0.2) is 34.1 Å². The van der Waals surface area contributed by atoms with Gasteiger partial charge in [-0.2, -0.15) is 5.10 Å². The van der Waals surface area contributed by atoms with E-state index in [0.29, 0.717) is 17.5 Å². The Balaban J connectivity index is 2.14. The number of hydrogen-bond acceptors (Lipinski definition) is 3. The molecule has 1 aromatic heterocycles. The maximum Gasteiger partial charge on any atom is 0.274 e. The lowest BCUT2D eigenvalue weighted by Crippen LogP contribution is -2.43. The number of aromatic amines is 1. The lowest BCUT2D eigenvalue weighted by Gasteiger charge is -2.34. The first-order chi connectivity index (χ1) is 8.06. The van der Waals surface area contributed by atoms with Gasteiger partial charge >= 0.3 is 0 Å². The van der Waals surface area contributed by atoms with Crippen molar-refractivity contribution in [2.75, 3.05) is 13.1 Å². The lowest BCUT2D eigenvalue weighted by atomic mass is 9.92. The standard InChI is InChI=1S/C12H17N3O2/c1-8-5-9(2)7-15(6-8)12(17)10-3-4-11(16)14-13-10/h3-4,8-9H,5-7H2,1-2H3,(H,14,16)/t8-,9-/m1/s1. The number of nitrogens with zero attached hydrogens (tertiary/aromatic N) is 2. The van der Waals surface area contributed by atoms with Crippen molar-refractivity contribution in [3.63, 3.8) is 0 Å². The molecule has 1 aliphatic heterocycles. The molecule has 0 spiro atoms. The Morgan fingerprint density at radius 2 is 2.00 bits per heavy atom. The van der Waals surface area contributed by atoms with E-state index in [1.54, 1.807) is 0 Å². The van der Waals surface area contributed by atoms with Crippen LogP contribution in [0, 0.1) is 11.8 Å². The molecule has 5 heteroatoms. The number of aromatic nitrogens is 2. The van der Waals surface area contributed by atoms with E-state index in [9.17, 15) is 9.59 Å². The van der Waals surface area contributed by atoms with Crippen molar-refractivity contribution in [3.05, 3.63) is 28.2 Å². The summed E-state index contributed by atoms with van der Waals surface area (Å²) >= 11 is 0. The van der Waals surface area contributed by atoms with Gasteiger partial charge in [0.1, 0.15) is 5.69 Å². The molecule has 17 heavy (non-hydrogen) atoms. The SMILES string of the molecule is C[C@@H]1C[C@@H](C)CN(C(=O)c2ccc(=O)[nH]n2)C1. The Morgan fingerprint density at radius 1 is 1.35 bits per heavy atom. The van der Waals surface area contributed by atoms with Gasteiger partial charge in [0, 0.05) is 19.2 Å². The Labute approximate surface area is 99.8 Å². The minimum absolute atomic E-state index is 0.0975. The van der Waals surface area contributed by atoms with E-state index in [4.69, 9.17) is 0 Å². The van der Waals surface area contributed by atoms with Crippen LogP contribution < -0.4 is 5.56 Å². The number of nitrogens with one attached hydrogen (secondary N) is 1. The number of rotatable bonds is 1. The van der Waals surface area contributed by atoms with Crippen LogP contribution in [0.3, 0.4) is 0 Å². The first-order valence-electron chi connectivity index (χ1n) is 5.91.